The van der Waals surface area contributed by atoms with Gasteiger partial charge in [-0.3, -0.25) is 14.6 Å². The third kappa shape index (κ3) is 5.02. The lowest BCUT2D eigenvalue weighted by molar-refractivity contribution is -0.123. The number of nitrogens with zero attached hydrogens (tertiary/aromatic N) is 5. The Hall–Kier alpha value is -5.04. The van der Waals surface area contributed by atoms with E-state index in [2.05, 4.69) is 36.1 Å². The van der Waals surface area contributed by atoms with Crippen LogP contribution >= 0.6 is 0 Å². The number of amides is 2. The Kier molecular flexibility index (Phi) is 6.93. The standard InChI is InChI=1S/C28H24F2N8O3/c1-31-26(39)21-14-38(10-9-32-21)27(40)15-5-7-17(8-6-15)36-28-34-12-16-11-33-24(22-19(29)3-2-4-20(22)30)18-13-35-41-25(18)23(16)37-28/h2-8,12-13,21,32H,9-11,14H2,1H3,(H,31,39)(H,34,36,37). The van der Waals surface area contributed by atoms with Crippen molar-refractivity contribution in [2.45, 2.75) is 12.6 Å². The molecule has 11 nitrogen and oxygen atoms in total. The van der Waals surface area contributed by atoms with E-state index in [1.807, 2.05) is 0 Å². The van der Waals surface area contributed by atoms with Crippen molar-refractivity contribution >= 4 is 29.2 Å². The summed E-state index contributed by atoms with van der Waals surface area (Å²) in [5.74, 6) is -1.38. The van der Waals surface area contributed by atoms with Gasteiger partial charge in [0.2, 0.25) is 11.9 Å². The Bertz CT molecular complexity index is 1650. The van der Waals surface area contributed by atoms with Gasteiger partial charge in [-0.05, 0) is 36.4 Å². The molecular weight excluding hydrogens is 534 g/mol. The van der Waals surface area contributed by atoms with Gasteiger partial charge in [-0.1, -0.05) is 11.2 Å². The molecule has 1 saturated heterocycles. The SMILES string of the molecule is CNC(=O)C1CN(C(=O)c2ccc(Nc3ncc4c(n3)-c3oncc3C(c3c(F)cccc3F)=NC4)cc2)CCN1. The Balaban J connectivity index is 1.21. The summed E-state index contributed by atoms with van der Waals surface area (Å²) in [7, 11) is 1.56. The number of likely N-dealkylation sites (N-methyl/N-ethyl adjacent to an activating group) is 1. The Morgan fingerprint density at radius 2 is 1.88 bits per heavy atom. The summed E-state index contributed by atoms with van der Waals surface area (Å²) >= 11 is 0. The van der Waals surface area contributed by atoms with Crippen LogP contribution in [0.5, 0.6) is 0 Å². The van der Waals surface area contributed by atoms with Crippen LogP contribution in [0.4, 0.5) is 20.4 Å². The van der Waals surface area contributed by atoms with Gasteiger partial charge in [0.05, 0.1) is 29.6 Å². The maximum atomic E-state index is 14.6. The van der Waals surface area contributed by atoms with Gasteiger partial charge in [0, 0.05) is 49.7 Å². The molecule has 2 amide bonds. The molecule has 13 heteroatoms. The fraction of sp³-hybridized carbons (Fsp3) is 0.214. The van der Waals surface area contributed by atoms with Crippen LogP contribution < -0.4 is 16.0 Å². The molecule has 0 bridgehead atoms. The van der Waals surface area contributed by atoms with Crippen molar-refractivity contribution in [3.05, 3.63) is 88.7 Å². The molecule has 0 spiro atoms. The van der Waals surface area contributed by atoms with Crippen LogP contribution in [-0.2, 0) is 11.3 Å². The molecule has 208 valence electrons. The van der Waals surface area contributed by atoms with Crippen molar-refractivity contribution in [2.24, 2.45) is 4.99 Å². The number of hydrogen-bond acceptors (Lipinski definition) is 9. The van der Waals surface area contributed by atoms with E-state index in [9.17, 15) is 18.4 Å². The molecule has 1 fully saturated rings. The highest BCUT2D eigenvalue weighted by atomic mass is 19.1. The van der Waals surface area contributed by atoms with Gasteiger partial charge in [-0.25, -0.2) is 18.7 Å². The molecular formula is C28H24F2N8O3. The monoisotopic (exact) mass is 558 g/mol. The lowest BCUT2D eigenvalue weighted by Crippen LogP contribution is -2.57. The van der Waals surface area contributed by atoms with E-state index in [1.54, 1.807) is 42.4 Å². The largest absolute Gasteiger partial charge is 0.358 e. The third-order valence-corrected chi connectivity index (χ3v) is 6.93. The summed E-state index contributed by atoms with van der Waals surface area (Å²) < 4.78 is 34.7. The summed E-state index contributed by atoms with van der Waals surface area (Å²) in [5.41, 5.74) is 2.21. The number of fused-ring (bicyclic) bond motifs is 3. The minimum absolute atomic E-state index is 0.0759. The van der Waals surface area contributed by atoms with Crippen LogP contribution in [0.1, 0.15) is 27.0 Å². The van der Waals surface area contributed by atoms with Crippen LogP contribution in [0.25, 0.3) is 11.5 Å². The van der Waals surface area contributed by atoms with E-state index in [0.717, 1.165) is 12.1 Å². The van der Waals surface area contributed by atoms with Crippen molar-refractivity contribution in [3.63, 3.8) is 0 Å². The van der Waals surface area contributed by atoms with Crippen LogP contribution in [0.15, 0.2) is 64.4 Å². The number of hydrogen-bond donors (Lipinski definition) is 3. The number of carbonyl (C=O) groups excluding carboxylic acids is 2. The molecule has 41 heavy (non-hydrogen) atoms. The van der Waals surface area contributed by atoms with Gasteiger partial charge in [-0.15, -0.1) is 0 Å². The smallest absolute Gasteiger partial charge is 0.253 e. The van der Waals surface area contributed by atoms with E-state index in [1.165, 1.54) is 12.3 Å². The van der Waals surface area contributed by atoms with Crippen molar-refractivity contribution in [2.75, 3.05) is 32.0 Å². The minimum Gasteiger partial charge on any atom is -0.358 e. The highest BCUT2D eigenvalue weighted by Gasteiger charge is 2.29. The number of nitrogens with one attached hydrogen (secondary N) is 3. The van der Waals surface area contributed by atoms with Crippen molar-refractivity contribution in [3.8, 4) is 11.5 Å². The van der Waals surface area contributed by atoms with Crippen LogP contribution in [0, 0.1) is 11.6 Å². The molecule has 4 aromatic rings. The molecule has 6 rings (SSSR count). The molecule has 2 aliphatic rings. The molecule has 2 aromatic carbocycles. The molecule has 1 unspecified atom stereocenters. The first-order valence-electron chi connectivity index (χ1n) is 12.8. The molecule has 0 aliphatic carbocycles. The van der Waals surface area contributed by atoms with Crippen LogP contribution in [-0.4, -0.2) is 70.3 Å². The maximum Gasteiger partial charge on any atom is 0.253 e. The first kappa shape index (κ1) is 26.2. The molecule has 4 heterocycles. The third-order valence-electron chi connectivity index (χ3n) is 6.93. The Morgan fingerprint density at radius 1 is 1.10 bits per heavy atom. The van der Waals surface area contributed by atoms with Gasteiger partial charge in [-0.2, -0.15) is 0 Å². The zero-order chi connectivity index (χ0) is 28.5. The fourth-order valence-corrected chi connectivity index (χ4v) is 4.84. The molecule has 2 aromatic heterocycles. The normalized spacial score (nSPS) is 16.2. The van der Waals surface area contributed by atoms with Crippen LogP contribution in [0.2, 0.25) is 0 Å². The fourth-order valence-electron chi connectivity index (χ4n) is 4.84. The quantitative estimate of drug-likeness (QED) is 0.340. The van der Waals surface area contributed by atoms with Gasteiger partial charge in [0.15, 0.2) is 5.76 Å². The number of carbonyl (C=O) groups is 2. The number of anilines is 2. The van der Waals surface area contributed by atoms with Gasteiger partial charge < -0.3 is 25.4 Å². The lowest BCUT2D eigenvalue weighted by atomic mass is 10.0. The summed E-state index contributed by atoms with van der Waals surface area (Å²) in [4.78, 5) is 40.0. The second-order valence-electron chi connectivity index (χ2n) is 9.47. The van der Waals surface area contributed by atoms with Crippen LogP contribution in [0.3, 0.4) is 0 Å². The summed E-state index contributed by atoms with van der Waals surface area (Å²) in [5, 5.41) is 12.6. The number of aliphatic imine (C=N–C) groups is 1. The predicted octanol–water partition coefficient (Wildman–Crippen LogP) is 2.66. The highest BCUT2D eigenvalue weighted by molar-refractivity contribution is 6.16. The average molecular weight is 559 g/mol. The van der Waals surface area contributed by atoms with Gasteiger partial charge in [0.25, 0.3) is 5.91 Å². The van der Waals surface area contributed by atoms with E-state index in [4.69, 9.17) is 4.52 Å². The topological polar surface area (TPSA) is 138 Å². The number of rotatable bonds is 5. The molecule has 2 aliphatic heterocycles. The average Bonchev–Trinajstić information content (AvgIpc) is 3.43. The van der Waals surface area contributed by atoms with Gasteiger partial charge >= 0.3 is 0 Å². The Morgan fingerprint density at radius 3 is 2.63 bits per heavy atom. The maximum absolute atomic E-state index is 14.6. The summed E-state index contributed by atoms with van der Waals surface area (Å²) in [6, 6.07) is 9.97. The first-order chi connectivity index (χ1) is 19.9. The van der Waals surface area contributed by atoms with E-state index in [-0.39, 0.29) is 47.9 Å². The number of benzene rings is 2. The number of aromatic nitrogens is 3. The Labute approximate surface area is 232 Å². The second kappa shape index (κ2) is 10.8. The van der Waals surface area contributed by atoms with E-state index in [0.29, 0.717) is 41.2 Å². The van der Waals surface area contributed by atoms with Crippen molar-refractivity contribution < 1.29 is 22.9 Å². The van der Waals surface area contributed by atoms with E-state index < -0.39 is 17.7 Å². The molecule has 1 atom stereocenters. The highest BCUT2D eigenvalue weighted by Crippen LogP contribution is 2.33. The molecule has 0 radical (unpaired) electrons. The second-order valence-corrected chi connectivity index (χ2v) is 9.47. The zero-order valence-corrected chi connectivity index (χ0v) is 21.8. The lowest BCUT2D eigenvalue weighted by Gasteiger charge is -2.32. The summed E-state index contributed by atoms with van der Waals surface area (Å²) in [6.07, 6.45) is 2.92. The number of halogens is 2. The molecule has 3 N–H and O–H groups in total. The minimum atomic E-state index is -0.750. The van der Waals surface area contributed by atoms with Gasteiger partial charge in [0.1, 0.15) is 23.4 Å². The zero-order valence-electron chi connectivity index (χ0n) is 21.8. The van der Waals surface area contributed by atoms with Crippen molar-refractivity contribution in [1.82, 2.24) is 30.7 Å². The predicted molar refractivity (Wildman–Crippen MR) is 145 cm³/mol. The first-order valence-corrected chi connectivity index (χ1v) is 12.8. The summed E-state index contributed by atoms with van der Waals surface area (Å²) in [6.45, 7) is 1.37. The van der Waals surface area contributed by atoms with Crippen molar-refractivity contribution in [1.29, 1.82) is 0 Å². The molecule has 0 saturated carbocycles. The number of piperazine rings is 1. The van der Waals surface area contributed by atoms with E-state index >= 15 is 0 Å².